The summed E-state index contributed by atoms with van der Waals surface area (Å²) in [5, 5.41) is 0. The van der Waals surface area contributed by atoms with E-state index >= 15 is 0 Å². The van der Waals surface area contributed by atoms with Crippen LogP contribution in [0.5, 0.6) is 0 Å². The number of nitrogens with zero attached hydrogens (tertiary/aromatic N) is 2. The third-order valence-corrected chi connectivity index (χ3v) is 2.80. The highest BCUT2D eigenvalue weighted by Crippen LogP contribution is 2.21. The maximum absolute atomic E-state index is 5.47. The zero-order valence-corrected chi connectivity index (χ0v) is 9.62. The number of likely N-dealkylation sites (tertiary alicyclic amines) is 1. The molecular weight excluding hydrogens is 176 g/mol. The zero-order chi connectivity index (χ0) is 10.7. The van der Waals surface area contributed by atoms with E-state index in [9.17, 15) is 0 Å². The lowest BCUT2D eigenvalue weighted by molar-refractivity contribution is 0.469. The van der Waals surface area contributed by atoms with Crippen LogP contribution in [0.3, 0.4) is 0 Å². The molecule has 0 aliphatic carbocycles. The van der Waals surface area contributed by atoms with E-state index in [4.69, 9.17) is 5.84 Å². The van der Waals surface area contributed by atoms with Gasteiger partial charge in [0.05, 0.1) is 0 Å². The molecule has 1 rings (SSSR count). The largest absolute Gasteiger partial charge is 0.341 e. The maximum atomic E-state index is 5.47. The summed E-state index contributed by atoms with van der Waals surface area (Å²) in [6.07, 6.45) is 0. The third-order valence-electron chi connectivity index (χ3n) is 2.80. The molecule has 0 aromatic heterocycles. The van der Waals surface area contributed by atoms with E-state index in [0.717, 1.165) is 30.9 Å². The molecule has 1 saturated heterocycles. The SMILES string of the molecule is CC(C)N=C(NN)N1CC(C)C(C)C1. The minimum absolute atomic E-state index is 0.285. The van der Waals surface area contributed by atoms with Gasteiger partial charge >= 0.3 is 0 Å². The first-order valence-corrected chi connectivity index (χ1v) is 5.34. The second-order valence-corrected chi connectivity index (χ2v) is 4.55. The number of nitrogens with two attached hydrogens (primary N) is 1. The molecule has 4 heteroatoms. The van der Waals surface area contributed by atoms with Crippen LogP contribution in [0.4, 0.5) is 0 Å². The predicted molar refractivity (Wildman–Crippen MR) is 59.8 cm³/mol. The first-order valence-electron chi connectivity index (χ1n) is 5.34. The summed E-state index contributed by atoms with van der Waals surface area (Å²) in [4.78, 5) is 6.68. The number of aliphatic imine (C=N–C) groups is 1. The van der Waals surface area contributed by atoms with Crippen molar-refractivity contribution in [1.29, 1.82) is 0 Å². The Morgan fingerprint density at radius 1 is 1.36 bits per heavy atom. The number of rotatable bonds is 1. The third kappa shape index (κ3) is 2.61. The highest BCUT2D eigenvalue weighted by molar-refractivity contribution is 5.79. The molecule has 0 saturated carbocycles. The summed E-state index contributed by atoms with van der Waals surface area (Å²) in [6.45, 7) is 10.8. The molecule has 0 bridgehead atoms. The normalized spacial score (nSPS) is 28.7. The molecule has 0 spiro atoms. The van der Waals surface area contributed by atoms with Crippen molar-refractivity contribution in [3.63, 3.8) is 0 Å². The van der Waals surface area contributed by atoms with Crippen molar-refractivity contribution in [3.8, 4) is 0 Å². The van der Waals surface area contributed by atoms with Gasteiger partial charge in [-0.15, -0.1) is 0 Å². The molecule has 2 unspecified atom stereocenters. The van der Waals surface area contributed by atoms with Crippen molar-refractivity contribution in [2.75, 3.05) is 13.1 Å². The Labute approximate surface area is 86.5 Å². The van der Waals surface area contributed by atoms with Crippen LogP contribution in [0.2, 0.25) is 0 Å². The van der Waals surface area contributed by atoms with Gasteiger partial charge in [0.2, 0.25) is 5.96 Å². The highest BCUT2D eigenvalue weighted by Gasteiger charge is 2.27. The first-order chi connectivity index (χ1) is 6.54. The molecule has 0 radical (unpaired) electrons. The Hall–Kier alpha value is -0.770. The van der Waals surface area contributed by atoms with Crippen LogP contribution >= 0.6 is 0 Å². The molecule has 1 fully saturated rings. The van der Waals surface area contributed by atoms with Crippen LogP contribution in [-0.4, -0.2) is 30.0 Å². The van der Waals surface area contributed by atoms with E-state index in [1.54, 1.807) is 0 Å². The fraction of sp³-hybridized carbons (Fsp3) is 0.900. The van der Waals surface area contributed by atoms with Crippen LogP contribution in [0.1, 0.15) is 27.7 Å². The molecule has 0 aromatic rings. The predicted octanol–water partition coefficient (Wildman–Crippen LogP) is 0.802. The molecule has 0 amide bonds. The van der Waals surface area contributed by atoms with Crippen molar-refractivity contribution in [1.82, 2.24) is 10.3 Å². The molecule has 2 atom stereocenters. The lowest BCUT2D eigenvalue weighted by atomic mass is 10.0. The van der Waals surface area contributed by atoms with Gasteiger partial charge < -0.3 is 4.90 Å². The molecule has 1 aliphatic heterocycles. The minimum atomic E-state index is 0.285. The molecule has 4 nitrogen and oxygen atoms in total. The Morgan fingerprint density at radius 3 is 2.21 bits per heavy atom. The smallest absolute Gasteiger partial charge is 0.208 e. The lowest BCUT2D eigenvalue weighted by Crippen LogP contribution is -2.44. The number of hydrazine groups is 1. The summed E-state index contributed by atoms with van der Waals surface area (Å²) >= 11 is 0. The number of guanidine groups is 1. The van der Waals surface area contributed by atoms with Gasteiger partial charge in [-0.2, -0.15) is 0 Å². The Bertz CT molecular complexity index is 202. The minimum Gasteiger partial charge on any atom is -0.341 e. The first kappa shape index (κ1) is 11.3. The maximum Gasteiger partial charge on any atom is 0.208 e. The molecule has 1 aliphatic rings. The molecular formula is C10H22N4. The van der Waals surface area contributed by atoms with Gasteiger partial charge in [-0.25, -0.2) is 10.8 Å². The zero-order valence-electron chi connectivity index (χ0n) is 9.62. The van der Waals surface area contributed by atoms with Gasteiger partial charge in [-0.05, 0) is 25.7 Å². The van der Waals surface area contributed by atoms with Gasteiger partial charge in [0, 0.05) is 19.1 Å². The van der Waals surface area contributed by atoms with Gasteiger partial charge in [-0.1, -0.05) is 13.8 Å². The number of nitrogens with one attached hydrogen (secondary N) is 1. The quantitative estimate of drug-likeness (QED) is 0.284. The molecule has 14 heavy (non-hydrogen) atoms. The van der Waals surface area contributed by atoms with Gasteiger partial charge in [0.1, 0.15) is 0 Å². The number of hydrogen-bond acceptors (Lipinski definition) is 2. The van der Waals surface area contributed by atoms with E-state index in [2.05, 4.69) is 43.0 Å². The average Bonchev–Trinajstić information content (AvgIpc) is 2.42. The van der Waals surface area contributed by atoms with Crippen molar-refractivity contribution < 1.29 is 0 Å². The van der Waals surface area contributed by atoms with Crippen LogP contribution in [0, 0.1) is 11.8 Å². The van der Waals surface area contributed by atoms with Gasteiger partial charge in [0.15, 0.2) is 0 Å². The monoisotopic (exact) mass is 198 g/mol. The summed E-state index contributed by atoms with van der Waals surface area (Å²) in [5.74, 6) is 7.74. The average molecular weight is 198 g/mol. The molecule has 0 aromatic carbocycles. The summed E-state index contributed by atoms with van der Waals surface area (Å²) < 4.78 is 0. The van der Waals surface area contributed by atoms with Gasteiger partial charge in [-0.3, -0.25) is 5.43 Å². The summed E-state index contributed by atoms with van der Waals surface area (Å²) in [6, 6.07) is 0.285. The summed E-state index contributed by atoms with van der Waals surface area (Å²) in [7, 11) is 0. The topological polar surface area (TPSA) is 53.6 Å². The standard InChI is InChI=1S/C10H22N4/c1-7(2)12-10(13-11)14-5-8(3)9(4)6-14/h7-9H,5-6,11H2,1-4H3,(H,12,13). The van der Waals surface area contributed by atoms with Crippen LogP contribution in [-0.2, 0) is 0 Å². The van der Waals surface area contributed by atoms with Crippen LogP contribution in [0.25, 0.3) is 0 Å². The molecule has 3 N–H and O–H groups in total. The Kier molecular flexibility index (Phi) is 3.75. The lowest BCUT2D eigenvalue weighted by Gasteiger charge is -2.20. The van der Waals surface area contributed by atoms with Crippen molar-refractivity contribution in [2.24, 2.45) is 22.7 Å². The van der Waals surface area contributed by atoms with E-state index in [0.29, 0.717) is 0 Å². The van der Waals surface area contributed by atoms with Crippen molar-refractivity contribution in [2.45, 2.75) is 33.7 Å². The fourth-order valence-electron chi connectivity index (χ4n) is 1.76. The Morgan fingerprint density at radius 2 is 1.86 bits per heavy atom. The van der Waals surface area contributed by atoms with Crippen LogP contribution in [0.15, 0.2) is 4.99 Å². The highest BCUT2D eigenvalue weighted by atomic mass is 15.4. The number of hydrogen-bond donors (Lipinski definition) is 2. The molecule has 82 valence electrons. The van der Waals surface area contributed by atoms with Crippen molar-refractivity contribution in [3.05, 3.63) is 0 Å². The van der Waals surface area contributed by atoms with Crippen molar-refractivity contribution >= 4 is 5.96 Å². The van der Waals surface area contributed by atoms with Crippen LogP contribution < -0.4 is 11.3 Å². The summed E-state index contributed by atoms with van der Waals surface area (Å²) in [5.41, 5.74) is 2.69. The van der Waals surface area contributed by atoms with E-state index < -0.39 is 0 Å². The Balaban J connectivity index is 2.63. The molecule has 1 heterocycles. The van der Waals surface area contributed by atoms with Gasteiger partial charge in [0.25, 0.3) is 0 Å². The fourth-order valence-corrected chi connectivity index (χ4v) is 1.76. The second-order valence-electron chi connectivity index (χ2n) is 4.55. The van der Waals surface area contributed by atoms with E-state index in [-0.39, 0.29) is 6.04 Å². The van der Waals surface area contributed by atoms with E-state index in [1.807, 2.05) is 0 Å². The second kappa shape index (κ2) is 4.64. The van der Waals surface area contributed by atoms with E-state index in [1.165, 1.54) is 0 Å².